The van der Waals surface area contributed by atoms with E-state index in [4.69, 9.17) is 4.74 Å². The maximum atomic E-state index is 13.2. The van der Waals surface area contributed by atoms with Gasteiger partial charge in [-0.05, 0) is 68.7 Å². The number of carbonyl (C=O) groups is 1. The minimum atomic E-state index is -0.623. The molecule has 0 atom stereocenters. The third kappa shape index (κ3) is 3.70. The Bertz CT molecular complexity index is 502. The molecule has 1 aromatic rings. The predicted molar refractivity (Wildman–Crippen MR) is 81.8 cm³/mol. The van der Waals surface area contributed by atoms with Crippen LogP contribution in [0.5, 0.6) is 0 Å². The Hall–Kier alpha value is -1.22. The van der Waals surface area contributed by atoms with Crippen LogP contribution in [0.1, 0.15) is 50.7 Å². The van der Waals surface area contributed by atoms with Crippen molar-refractivity contribution in [1.29, 1.82) is 0 Å². The highest BCUT2D eigenvalue weighted by Gasteiger charge is 2.41. The number of ether oxygens (including phenoxy) is 1. The fourth-order valence-corrected chi connectivity index (χ4v) is 3.20. The lowest BCUT2D eigenvalue weighted by Gasteiger charge is -2.38. The molecular formula is C18H25FO2. The molecule has 2 nitrogen and oxygen atoms in total. The normalized spacial score (nSPS) is 25.8. The quantitative estimate of drug-likeness (QED) is 0.811. The second-order valence-electron chi connectivity index (χ2n) is 6.28. The number of ketones is 1. The molecule has 0 unspecified atom stereocenters. The number of benzene rings is 1. The first-order chi connectivity index (χ1) is 9.97. The van der Waals surface area contributed by atoms with E-state index in [1.165, 1.54) is 12.1 Å². The van der Waals surface area contributed by atoms with Crippen molar-refractivity contribution in [3.63, 3.8) is 0 Å². The number of rotatable bonds is 5. The van der Waals surface area contributed by atoms with Crippen LogP contribution >= 0.6 is 0 Å². The molecule has 0 radical (unpaired) electrons. The average Bonchev–Trinajstić information content (AvgIpc) is 2.45. The van der Waals surface area contributed by atoms with E-state index in [0.29, 0.717) is 18.9 Å². The lowest BCUT2D eigenvalue weighted by Crippen LogP contribution is -2.45. The van der Waals surface area contributed by atoms with Gasteiger partial charge in [0.05, 0.1) is 0 Å². The van der Waals surface area contributed by atoms with Crippen LogP contribution in [0.2, 0.25) is 0 Å². The van der Waals surface area contributed by atoms with Crippen LogP contribution in [0.25, 0.3) is 0 Å². The molecule has 0 heterocycles. The van der Waals surface area contributed by atoms with Crippen LogP contribution in [0.4, 0.5) is 4.39 Å². The fraction of sp³-hybridized carbons (Fsp3) is 0.611. The minimum Gasteiger partial charge on any atom is -0.367 e. The van der Waals surface area contributed by atoms with Crippen molar-refractivity contribution in [1.82, 2.24) is 0 Å². The Morgan fingerprint density at radius 1 is 1.38 bits per heavy atom. The fourth-order valence-electron chi connectivity index (χ4n) is 3.20. The number of aryl methyl sites for hydroxylation is 1. The number of hydrogen-bond acceptors (Lipinski definition) is 2. The molecule has 0 bridgehead atoms. The highest BCUT2D eigenvalue weighted by atomic mass is 19.1. The summed E-state index contributed by atoms with van der Waals surface area (Å²) >= 11 is 0. The van der Waals surface area contributed by atoms with E-state index < -0.39 is 5.60 Å². The largest absolute Gasteiger partial charge is 0.367 e. The number of hydrogen-bond donors (Lipinski definition) is 0. The van der Waals surface area contributed by atoms with Gasteiger partial charge in [-0.1, -0.05) is 13.0 Å². The van der Waals surface area contributed by atoms with Gasteiger partial charge in [-0.25, -0.2) is 4.39 Å². The van der Waals surface area contributed by atoms with Gasteiger partial charge in [0.1, 0.15) is 11.4 Å². The van der Waals surface area contributed by atoms with E-state index >= 15 is 0 Å². The van der Waals surface area contributed by atoms with E-state index in [-0.39, 0.29) is 11.6 Å². The van der Waals surface area contributed by atoms with Gasteiger partial charge in [0.15, 0.2) is 5.78 Å². The van der Waals surface area contributed by atoms with Gasteiger partial charge >= 0.3 is 0 Å². The van der Waals surface area contributed by atoms with Crippen LogP contribution < -0.4 is 0 Å². The van der Waals surface area contributed by atoms with Gasteiger partial charge in [-0.3, -0.25) is 4.79 Å². The Morgan fingerprint density at radius 3 is 2.62 bits per heavy atom. The highest BCUT2D eigenvalue weighted by molar-refractivity contribution is 5.89. The van der Waals surface area contributed by atoms with Gasteiger partial charge < -0.3 is 4.74 Å². The second kappa shape index (κ2) is 6.69. The summed E-state index contributed by atoms with van der Waals surface area (Å²) in [6, 6.07) is 4.62. The first-order valence-electron chi connectivity index (χ1n) is 7.89. The van der Waals surface area contributed by atoms with Crippen molar-refractivity contribution < 1.29 is 13.9 Å². The highest BCUT2D eigenvalue weighted by Crippen LogP contribution is 2.36. The lowest BCUT2D eigenvalue weighted by molar-refractivity contribution is -0.149. The van der Waals surface area contributed by atoms with Crippen LogP contribution in [0, 0.1) is 18.7 Å². The van der Waals surface area contributed by atoms with Crippen molar-refractivity contribution in [3.8, 4) is 0 Å². The molecule has 1 saturated carbocycles. The average molecular weight is 292 g/mol. The van der Waals surface area contributed by atoms with E-state index in [1.54, 1.807) is 6.07 Å². The molecule has 1 aliphatic carbocycles. The first-order valence-corrected chi connectivity index (χ1v) is 7.89. The lowest BCUT2D eigenvalue weighted by atomic mass is 9.75. The predicted octanol–water partition coefficient (Wildman–Crippen LogP) is 4.23. The molecule has 116 valence electrons. The maximum absolute atomic E-state index is 13.2. The summed E-state index contributed by atoms with van der Waals surface area (Å²) in [7, 11) is 0. The van der Waals surface area contributed by atoms with Crippen molar-refractivity contribution >= 4 is 5.78 Å². The molecular weight excluding hydrogens is 267 g/mol. The molecule has 0 saturated heterocycles. The van der Waals surface area contributed by atoms with Crippen LogP contribution in [0.15, 0.2) is 18.2 Å². The second-order valence-corrected chi connectivity index (χ2v) is 6.28. The molecule has 0 amide bonds. The van der Waals surface area contributed by atoms with E-state index in [1.807, 2.05) is 13.8 Å². The SMILES string of the molecule is CCOC1(C(=O)Cc2ccc(F)cc2C)CCC(C)CC1. The van der Waals surface area contributed by atoms with Crippen molar-refractivity contribution in [2.45, 2.75) is 58.5 Å². The molecule has 2 rings (SSSR count). The zero-order valence-electron chi connectivity index (χ0n) is 13.2. The molecule has 0 N–H and O–H groups in total. The maximum Gasteiger partial charge on any atom is 0.168 e. The third-order valence-corrected chi connectivity index (χ3v) is 4.67. The van der Waals surface area contributed by atoms with Gasteiger partial charge in [0.25, 0.3) is 0 Å². The minimum absolute atomic E-state index is 0.144. The Labute approximate surface area is 126 Å². The molecule has 0 spiro atoms. The summed E-state index contributed by atoms with van der Waals surface area (Å²) in [5.41, 5.74) is 1.11. The molecule has 1 aliphatic rings. The Morgan fingerprint density at radius 2 is 2.05 bits per heavy atom. The van der Waals surface area contributed by atoms with Crippen molar-refractivity contribution in [2.75, 3.05) is 6.61 Å². The third-order valence-electron chi connectivity index (χ3n) is 4.67. The topological polar surface area (TPSA) is 26.3 Å². The van der Waals surface area contributed by atoms with E-state index in [9.17, 15) is 9.18 Å². The van der Waals surface area contributed by atoms with Crippen molar-refractivity contribution in [3.05, 3.63) is 35.1 Å². The molecule has 21 heavy (non-hydrogen) atoms. The number of halogens is 1. The smallest absolute Gasteiger partial charge is 0.168 e. The first kappa shape index (κ1) is 16.2. The van der Waals surface area contributed by atoms with Gasteiger partial charge in [-0.2, -0.15) is 0 Å². The Balaban J connectivity index is 2.15. The van der Waals surface area contributed by atoms with Gasteiger partial charge in [-0.15, -0.1) is 0 Å². The van der Waals surface area contributed by atoms with E-state index in [0.717, 1.165) is 36.8 Å². The summed E-state index contributed by atoms with van der Waals surface area (Å²) in [6.45, 7) is 6.57. The summed E-state index contributed by atoms with van der Waals surface area (Å²) < 4.78 is 19.1. The summed E-state index contributed by atoms with van der Waals surface area (Å²) in [5.74, 6) is 0.555. The molecule has 1 fully saturated rings. The number of carbonyl (C=O) groups excluding carboxylic acids is 1. The molecule has 1 aromatic carbocycles. The Kier molecular flexibility index (Phi) is 5.15. The summed E-state index contributed by atoms with van der Waals surface area (Å²) in [5, 5.41) is 0. The zero-order valence-corrected chi connectivity index (χ0v) is 13.2. The standard InChI is InChI=1S/C18H25FO2/c1-4-21-18(9-7-13(2)8-10-18)17(20)12-15-5-6-16(19)11-14(15)3/h5-6,11,13H,4,7-10,12H2,1-3H3. The monoisotopic (exact) mass is 292 g/mol. The summed E-state index contributed by atoms with van der Waals surface area (Å²) in [4.78, 5) is 12.8. The van der Waals surface area contributed by atoms with Crippen molar-refractivity contribution in [2.24, 2.45) is 5.92 Å². The van der Waals surface area contributed by atoms with Crippen LogP contribution in [0.3, 0.4) is 0 Å². The van der Waals surface area contributed by atoms with Crippen LogP contribution in [-0.2, 0) is 16.0 Å². The molecule has 0 aromatic heterocycles. The molecule has 3 heteroatoms. The zero-order chi connectivity index (χ0) is 15.5. The van der Waals surface area contributed by atoms with Crippen LogP contribution in [-0.4, -0.2) is 18.0 Å². The van der Waals surface area contributed by atoms with Gasteiger partial charge in [0.2, 0.25) is 0 Å². The molecule has 0 aliphatic heterocycles. The van der Waals surface area contributed by atoms with Gasteiger partial charge in [0, 0.05) is 13.0 Å². The summed E-state index contributed by atoms with van der Waals surface area (Å²) in [6.07, 6.45) is 4.02. The van der Waals surface area contributed by atoms with E-state index in [2.05, 4.69) is 6.92 Å². The number of Topliss-reactive ketones (excluding diaryl/α,β-unsaturated/α-hetero) is 1.